The standard InChI is InChI=1S/C17H17BrN8O/c1-3-25-11(2)12(7-21-25)9-24-10-13(8-20-24)22-17(27)15-14(18)16-19-5-4-6-26(16)23-15/h4-8,10H,3,9H2,1-2H3,(H,22,27). The first-order valence-electron chi connectivity index (χ1n) is 8.40. The minimum Gasteiger partial charge on any atom is -0.318 e. The van der Waals surface area contributed by atoms with Crippen LogP contribution in [0.25, 0.3) is 5.65 Å². The SMILES string of the molecule is CCn1ncc(Cn2cc(NC(=O)c3nn4cccnc4c3Br)cn2)c1C. The van der Waals surface area contributed by atoms with Crippen molar-refractivity contribution in [1.29, 1.82) is 0 Å². The fourth-order valence-corrected chi connectivity index (χ4v) is 3.39. The molecule has 1 amide bonds. The summed E-state index contributed by atoms with van der Waals surface area (Å²) in [6.45, 7) is 5.50. The van der Waals surface area contributed by atoms with Gasteiger partial charge in [-0.15, -0.1) is 0 Å². The van der Waals surface area contributed by atoms with Crippen LogP contribution in [-0.2, 0) is 13.1 Å². The normalized spacial score (nSPS) is 11.2. The van der Waals surface area contributed by atoms with Crippen LogP contribution < -0.4 is 5.32 Å². The molecule has 0 fully saturated rings. The van der Waals surface area contributed by atoms with Crippen LogP contribution in [0.15, 0.2) is 41.5 Å². The number of nitrogens with one attached hydrogen (secondary N) is 1. The Morgan fingerprint density at radius 3 is 2.89 bits per heavy atom. The summed E-state index contributed by atoms with van der Waals surface area (Å²) in [6.07, 6.45) is 8.62. The molecule has 4 rings (SSSR count). The third-order valence-corrected chi connectivity index (χ3v) is 5.01. The fraction of sp³-hybridized carbons (Fsp3) is 0.235. The summed E-state index contributed by atoms with van der Waals surface area (Å²) < 4.78 is 5.81. The van der Waals surface area contributed by atoms with Crippen molar-refractivity contribution < 1.29 is 4.79 Å². The number of fused-ring (bicyclic) bond motifs is 1. The van der Waals surface area contributed by atoms with Crippen molar-refractivity contribution >= 4 is 33.2 Å². The van der Waals surface area contributed by atoms with Crippen molar-refractivity contribution in [3.05, 3.63) is 58.5 Å². The molecule has 0 aliphatic heterocycles. The van der Waals surface area contributed by atoms with Crippen LogP contribution >= 0.6 is 15.9 Å². The molecule has 1 N–H and O–H groups in total. The van der Waals surface area contributed by atoms with E-state index >= 15 is 0 Å². The summed E-state index contributed by atoms with van der Waals surface area (Å²) in [5.74, 6) is -0.332. The van der Waals surface area contributed by atoms with Crippen molar-refractivity contribution in [2.45, 2.75) is 26.9 Å². The van der Waals surface area contributed by atoms with Crippen molar-refractivity contribution in [2.24, 2.45) is 0 Å². The van der Waals surface area contributed by atoms with E-state index in [0.717, 1.165) is 17.8 Å². The first-order chi connectivity index (χ1) is 13.1. The van der Waals surface area contributed by atoms with E-state index in [1.807, 2.05) is 17.8 Å². The van der Waals surface area contributed by atoms with E-state index in [1.54, 1.807) is 40.1 Å². The molecule has 0 spiro atoms. The zero-order chi connectivity index (χ0) is 19.0. The van der Waals surface area contributed by atoms with Crippen molar-refractivity contribution in [1.82, 2.24) is 34.2 Å². The number of hydrogen-bond donors (Lipinski definition) is 1. The highest BCUT2D eigenvalue weighted by Crippen LogP contribution is 2.21. The molecule has 0 aliphatic carbocycles. The number of aryl methyl sites for hydroxylation is 1. The average molecular weight is 429 g/mol. The highest BCUT2D eigenvalue weighted by atomic mass is 79.9. The van der Waals surface area contributed by atoms with E-state index in [0.29, 0.717) is 22.4 Å². The van der Waals surface area contributed by atoms with Gasteiger partial charge in [-0.3, -0.25) is 14.2 Å². The number of halogens is 1. The maximum atomic E-state index is 12.6. The Labute approximate surface area is 163 Å². The maximum absolute atomic E-state index is 12.6. The molecule has 0 unspecified atom stereocenters. The number of anilines is 1. The Morgan fingerprint density at radius 2 is 2.15 bits per heavy atom. The van der Waals surface area contributed by atoms with Crippen LogP contribution in [0, 0.1) is 6.92 Å². The molecule has 0 aromatic carbocycles. The minimum atomic E-state index is -0.332. The number of rotatable bonds is 5. The molecule has 4 aromatic heterocycles. The molecule has 0 radical (unpaired) electrons. The van der Waals surface area contributed by atoms with Gasteiger partial charge in [-0.2, -0.15) is 15.3 Å². The zero-order valence-electron chi connectivity index (χ0n) is 14.8. The molecule has 138 valence electrons. The third-order valence-electron chi connectivity index (χ3n) is 4.28. The van der Waals surface area contributed by atoms with Crippen LogP contribution in [0.5, 0.6) is 0 Å². The predicted molar refractivity (Wildman–Crippen MR) is 103 cm³/mol. The molecule has 10 heteroatoms. The summed E-state index contributed by atoms with van der Waals surface area (Å²) in [7, 11) is 0. The number of aromatic nitrogens is 7. The van der Waals surface area contributed by atoms with Crippen LogP contribution in [0.2, 0.25) is 0 Å². The van der Waals surface area contributed by atoms with E-state index in [9.17, 15) is 4.79 Å². The summed E-state index contributed by atoms with van der Waals surface area (Å²) in [5, 5.41) is 15.7. The van der Waals surface area contributed by atoms with Gasteiger partial charge in [0.1, 0.15) is 0 Å². The summed E-state index contributed by atoms with van der Waals surface area (Å²) >= 11 is 3.40. The van der Waals surface area contributed by atoms with Crippen LogP contribution in [-0.4, -0.2) is 40.1 Å². The van der Waals surface area contributed by atoms with Crippen molar-refractivity contribution in [2.75, 3.05) is 5.32 Å². The number of amides is 1. The molecule has 0 aliphatic rings. The monoisotopic (exact) mass is 428 g/mol. The second-order valence-electron chi connectivity index (χ2n) is 6.00. The Morgan fingerprint density at radius 1 is 1.30 bits per heavy atom. The minimum absolute atomic E-state index is 0.265. The molecule has 27 heavy (non-hydrogen) atoms. The van der Waals surface area contributed by atoms with Gasteiger partial charge < -0.3 is 5.32 Å². The van der Waals surface area contributed by atoms with E-state index in [1.165, 1.54) is 0 Å². The van der Waals surface area contributed by atoms with Gasteiger partial charge in [-0.25, -0.2) is 9.50 Å². The maximum Gasteiger partial charge on any atom is 0.277 e. The lowest BCUT2D eigenvalue weighted by atomic mass is 10.2. The summed E-state index contributed by atoms with van der Waals surface area (Å²) in [4.78, 5) is 16.8. The Bertz CT molecular complexity index is 1130. The largest absolute Gasteiger partial charge is 0.318 e. The molecular weight excluding hydrogens is 412 g/mol. The smallest absolute Gasteiger partial charge is 0.277 e. The summed E-state index contributed by atoms with van der Waals surface area (Å²) in [5.41, 5.74) is 3.65. The van der Waals surface area contributed by atoms with Gasteiger partial charge in [-0.05, 0) is 35.8 Å². The quantitative estimate of drug-likeness (QED) is 0.526. The molecule has 4 aromatic rings. The number of carbonyl (C=O) groups excluding carboxylic acids is 1. The molecule has 0 saturated heterocycles. The van der Waals surface area contributed by atoms with E-state index in [2.05, 4.69) is 48.5 Å². The molecule has 0 saturated carbocycles. The van der Waals surface area contributed by atoms with E-state index in [4.69, 9.17) is 0 Å². The highest BCUT2D eigenvalue weighted by Gasteiger charge is 2.19. The van der Waals surface area contributed by atoms with Crippen LogP contribution in [0.4, 0.5) is 5.69 Å². The van der Waals surface area contributed by atoms with Gasteiger partial charge in [-0.1, -0.05) is 0 Å². The summed E-state index contributed by atoms with van der Waals surface area (Å²) in [6, 6.07) is 1.75. The van der Waals surface area contributed by atoms with Gasteiger partial charge in [0.05, 0.1) is 29.1 Å². The topological polar surface area (TPSA) is 94.9 Å². The molecule has 0 bridgehead atoms. The molecule has 0 atom stereocenters. The lowest BCUT2D eigenvalue weighted by Gasteiger charge is -2.03. The second-order valence-corrected chi connectivity index (χ2v) is 6.80. The lowest BCUT2D eigenvalue weighted by molar-refractivity contribution is 0.102. The van der Waals surface area contributed by atoms with Crippen LogP contribution in [0.1, 0.15) is 28.7 Å². The predicted octanol–water partition coefficient (Wildman–Crippen LogP) is 2.51. The van der Waals surface area contributed by atoms with Crippen LogP contribution in [0.3, 0.4) is 0 Å². The lowest BCUT2D eigenvalue weighted by Crippen LogP contribution is -2.13. The number of hydrogen-bond acceptors (Lipinski definition) is 5. The molecule has 9 nitrogen and oxygen atoms in total. The first-order valence-corrected chi connectivity index (χ1v) is 9.20. The molecule has 4 heterocycles. The second kappa shape index (κ2) is 6.95. The van der Waals surface area contributed by atoms with Gasteiger partial charge in [0.2, 0.25) is 0 Å². The fourth-order valence-electron chi connectivity index (χ4n) is 2.84. The van der Waals surface area contributed by atoms with Gasteiger partial charge in [0, 0.05) is 36.4 Å². The van der Waals surface area contributed by atoms with Crippen molar-refractivity contribution in [3.8, 4) is 0 Å². The number of carbonyl (C=O) groups is 1. The van der Waals surface area contributed by atoms with Crippen molar-refractivity contribution in [3.63, 3.8) is 0 Å². The zero-order valence-corrected chi connectivity index (χ0v) is 16.4. The Kier molecular flexibility index (Phi) is 4.48. The van der Waals surface area contributed by atoms with E-state index in [-0.39, 0.29) is 11.6 Å². The van der Waals surface area contributed by atoms with Gasteiger partial charge in [0.15, 0.2) is 11.3 Å². The highest BCUT2D eigenvalue weighted by molar-refractivity contribution is 9.10. The average Bonchev–Trinajstić information content (AvgIpc) is 3.35. The van der Waals surface area contributed by atoms with E-state index < -0.39 is 0 Å². The van der Waals surface area contributed by atoms with Gasteiger partial charge in [0.25, 0.3) is 5.91 Å². The third kappa shape index (κ3) is 3.23. The first kappa shape index (κ1) is 17.4. The Balaban J connectivity index is 1.50. The Hall–Kier alpha value is -3.01. The van der Waals surface area contributed by atoms with Gasteiger partial charge >= 0.3 is 0 Å². The number of nitrogens with zero attached hydrogens (tertiary/aromatic N) is 7. The molecular formula is C17H17BrN8O.